The summed E-state index contributed by atoms with van der Waals surface area (Å²) < 4.78 is 34.4. The molecule has 1 fully saturated rings. The number of carbonyl (C=O) groups excluding carboxylic acids is 1. The molecular weight excluding hydrogens is 497 g/mol. The molecule has 1 aliphatic carbocycles. The molecule has 0 spiro atoms. The molecule has 1 aromatic heterocycles. The fraction of sp³-hybridized carbons (Fsp3) is 0.250. The van der Waals surface area contributed by atoms with Gasteiger partial charge in [0.1, 0.15) is 11.8 Å². The smallest absolute Gasteiger partial charge is 0.264 e. The molecule has 0 bridgehead atoms. The highest BCUT2D eigenvalue weighted by Crippen LogP contribution is 2.42. The molecule has 5 rings (SSSR count). The number of rotatable bonds is 5. The Balaban J connectivity index is 1.50. The van der Waals surface area contributed by atoms with Crippen LogP contribution in [0.5, 0.6) is 5.88 Å². The molecule has 7 nitrogen and oxygen atoms in total. The van der Waals surface area contributed by atoms with E-state index in [0.29, 0.717) is 5.92 Å². The number of amides is 1. The van der Waals surface area contributed by atoms with Gasteiger partial charge >= 0.3 is 0 Å². The minimum atomic E-state index is -3.89. The van der Waals surface area contributed by atoms with E-state index in [4.69, 9.17) is 27.9 Å². The van der Waals surface area contributed by atoms with Crippen molar-refractivity contribution in [2.24, 2.45) is 0 Å². The molecule has 1 saturated carbocycles. The summed E-state index contributed by atoms with van der Waals surface area (Å²) in [5.41, 5.74) is 1.68. The third-order valence-electron chi connectivity index (χ3n) is 5.78. The molecule has 1 atom stereocenters. The van der Waals surface area contributed by atoms with Gasteiger partial charge in [-0.15, -0.1) is 0 Å². The van der Waals surface area contributed by atoms with Crippen LogP contribution in [0.1, 0.15) is 41.6 Å². The molecule has 2 aromatic carbocycles. The number of benzene rings is 2. The second-order valence-electron chi connectivity index (χ2n) is 8.41. The SMILES string of the molecule is C[C@H]1CN(S(=O)(=O)c2cccc(C3CC3)c2)c2cc(NC(=O)c3c(Cl)cccc3Cl)cnc2O1. The second-order valence-corrected chi connectivity index (χ2v) is 11.1. The maximum Gasteiger partial charge on any atom is 0.264 e. The molecule has 10 heteroatoms. The number of pyridine rings is 1. The van der Waals surface area contributed by atoms with Gasteiger partial charge in [0.15, 0.2) is 0 Å². The number of fused-ring (bicyclic) bond motifs is 1. The second kappa shape index (κ2) is 8.76. The van der Waals surface area contributed by atoms with E-state index in [1.807, 2.05) is 6.07 Å². The van der Waals surface area contributed by atoms with Gasteiger partial charge in [-0.25, -0.2) is 13.4 Å². The van der Waals surface area contributed by atoms with Crippen molar-refractivity contribution in [3.63, 3.8) is 0 Å². The Hall–Kier alpha value is -2.81. The van der Waals surface area contributed by atoms with Gasteiger partial charge in [0, 0.05) is 0 Å². The van der Waals surface area contributed by atoms with Gasteiger partial charge in [0.05, 0.1) is 38.9 Å². The Morgan fingerprint density at radius 2 is 1.82 bits per heavy atom. The van der Waals surface area contributed by atoms with Gasteiger partial charge in [0.2, 0.25) is 5.88 Å². The van der Waals surface area contributed by atoms with Crippen LogP contribution >= 0.6 is 23.2 Å². The average Bonchev–Trinajstić information content (AvgIpc) is 3.64. The number of carbonyl (C=O) groups is 1. The maximum absolute atomic E-state index is 13.7. The van der Waals surface area contributed by atoms with Gasteiger partial charge in [-0.2, -0.15) is 0 Å². The first-order valence-electron chi connectivity index (χ1n) is 10.8. The highest BCUT2D eigenvalue weighted by Gasteiger charge is 2.35. The first-order chi connectivity index (χ1) is 16.2. The van der Waals surface area contributed by atoms with Crippen LogP contribution in [0.3, 0.4) is 0 Å². The van der Waals surface area contributed by atoms with Gasteiger partial charge in [0.25, 0.3) is 15.9 Å². The zero-order chi connectivity index (χ0) is 24.0. The number of aromatic nitrogens is 1. The lowest BCUT2D eigenvalue weighted by molar-refractivity contribution is 0.102. The maximum atomic E-state index is 13.7. The summed E-state index contributed by atoms with van der Waals surface area (Å²) >= 11 is 12.3. The van der Waals surface area contributed by atoms with Crippen molar-refractivity contribution in [2.45, 2.75) is 36.7 Å². The number of ether oxygens (including phenoxy) is 1. The quantitative estimate of drug-likeness (QED) is 0.482. The highest BCUT2D eigenvalue weighted by molar-refractivity contribution is 7.92. The standard InChI is InChI=1S/C24H21Cl2N3O4S/c1-14-13-29(34(31,32)18-5-2-4-16(10-18)15-8-9-15)21-11-17(12-27-24(21)33-14)28-23(30)22-19(25)6-3-7-20(22)26/h2-7,10-12,14-15H,8-9,13H2,1H3,(H,28,30)/t14-/m0/s1. The van der Waals surface area contributed by atoms with E-state index in [-0.39, 0.29) is 44.3 Å². The zero-order valence-electron chi connectivity index (χ0n) is 18.2. The third kappa shape index (κ3) is 4.33. The number of anilines is 2. The van der Waals surface area contributed by atoms with Gasteiger partial charge in [-0.1, -0.05) is 41.4 Å². The van der Waals surface area contributed by atoms with Crippen molar-refractivity contribution in [3.8, 4) is 5.88 Å². The van der Waals surface area contributed by atoms with Crippen LogP contribution in [-0.4, -0.2) is 32.0 Å². The predicted molar refractivity (Wildman–Crippen MR) is 132 cm³/mol. The number of halogens is 2. The fourth-order valence-electron chi connectivity index (χ4n) is 3.95. The molecule has 1 aliphatic heterocycles. The van der Waals surface area contributed by atoms with Crippen LogP contribution in [0.2, 0.25) is 10.0 Å². The van der Waals surface area contributed by atoms with Crippen LogP contribution < -0.4 is 14.4 Å². The first kappa shape index (κ1) is 23.0. The van der Waals surface area contributed by atoms with Gasteiger partial charge < -0.3 is 10.1 Å². The van der Waals surface area contributed by atoms with Crippen LogP contribution in [0.25, 0.3) is 0 Å². The summed E-state index contributed by atoms with van der Waals surface area (Å²) in [4.78, 5) is 17.3. The minimum Gasteiger partial charge on any atom is -0.471 e. The van der Waals surface area contributed by atoms with Crippen LogP contribution in [0.15, 0.2) is 59.6 Å². The van der Waals surface area contributed by atoms with Crippen molar-refractivity contribution >= 4 is 50.5 Å². The van der Waals surface area contributed by atoms with Crippen molar-refractivity contribution in [1.82, 2.24) is 4.98 Å². The van der Waals surface area contributed by atoms with Crippen molar-refractivity contribution in [3.05, 3.63) is 75.9 Å². The molecule has 2 aliphatic rings. The van der Waals surface area contributed by atoms with E-state index in [1.54, 1.807) is 43.3 Å². The van der Waals surface area contributed by atoms with Crippen molar-refractivity contribution < 1.29 is 17.9 Å². The molecule has 3 aromatic rings. The van der Waals surface area contributed by atoms with E-state index in [9.17, 15) is 13.2 Å². The molecule has 0 radical (unpaired) electrons. The predicted octanol–water partition coefficient (Wildman–Crippen LogP) is 5.49. The lowest BCUT2D eigenvalue weighted by Crippen LogP contribution is -2.42. The average molecular weight is 518 g/mol. The molecule has 1 amide bonds. The van der Waals surface area contributed by atoms with E-state index >= 15 is 0 Å². The Morgan fingerprint density at radius 1 is 1.12 bits per heavy atom. The summed E-state index contributed by atoms with van der Waals surface area (Å²) in [5.74, 6) is 0.0644. The van der Waals surface area contributed by atoms with Crippen LogP contribution in [0.4, 0.5) is 11.4 Å². The number of nitrogens with one attached hydrogen (secondary N) is 1. The number of hydrogen-bond donors (Lipinski definition) is 1. The molecule has 176 valence electrons. The fourth-order valence-corrected chi connectivity index (χ4v) is 6.10. The lowest BCUT2D eigenvalue weighted by atomic mass is 10.1. The van der Waals surface area contributed by atoms with Crippen LogP contribution in [-0.2, 0) is 10.0 Å². The van der Waals surface area contributed by atoms with Crippen molar-refractivity contribution in [1.29, 1.82) is 0 Å². The van der Waals surface area contributed by atoms with Gasteiger partial charge in [-0.05, 0) is 61.6 Å². The van der Waals surface area contributed by atoms with Gasteiger partial charge in [-0.3, -0.25) is 9.10 Å². The lowest BCUT2D eigenvalue weighted by Gasteiger charge is -2.33. The molecule has 1 N–H and O–H groups in total. The molecule has 0 saturated heterocycles. The third-order valence-corrected chi connectivity index (χ3v) is 8.18. The van der Waals surface area contributed by atoms with E-state index in [0.717, 1.165) is 18.4 Å². The zero-order valence-corrected chi connectivity index (χ0v) is 20.5. The monoisotopic (exact) mass is 517 g/mol. The summed E-state index contributed by atoms with van der Waals surface area (Å²) in [5, 5.41) is 3.10. The van der Waals surface area contributed by atoms with E-state index in [1.165, 1.54) is 16.6 Å². The normalized spacial score (nSPS) is 17.6. The molecular formula is C24H21Cl2N3O4S. The minimum absolute atomic E-state index is 0.110. The Kier molecular flexibility index (Phi) is 5.91. The Bertz CT molecular complexity index is 1370. The Morgan fingerprint density at radius 3 is 2.53 bits per heavy atom. The van der Waals surface area contributed by atoms with Crippen LogP contribution in [0, 0.1) is 0 Å². The molecule has 0 unspecified atom stereocenters. The molecule has 34 heavy (non-hydrogen) atoms. The topological polar surface area (TPSA) is 88.6 Å². The highest BCUT2D eigenvalue weighted by atomic mass is 35.5. The first-order valence-corrected chi connectivity index (χ1v) is 13.0. The summed E-state index contributed by atoms with van der Waals surface area (Å²) in [6, 6.07) is 13.4. The summed E-state index contributed by atoms with van der Waals surface area (Å²) in [6.45, 7) is 1.89. The number of sulfonamides is 1. The van der Waals surface area contributed by atoms with E-state index < -0.39 is 22.0 Å². The summed E-state index contributed by atoms with van der Waals surface area (Å²) in [7, 11) is -3.89. The Labute approximate surface area is 207 Å². The number of nitrogens with zero attached hydrogens (tertiary/aromatic N) is 2. The largest absolute Gasteiger partial charge is 0.471 e. The summed E-state index contributed by atoms with van der Waals surface area (Å²) in [6.07, 6.45) is 3.15. The number of hydrogen-bond acceptors (Lipinski definition) is 5. The molecule has 2 heterocycles. The van der Waals surface area contributed by atoms with E-state index in [2.05, 4.69) is 10.3 Å². The van der Waals surface area contributed by atoms with Crippen molar-refractivity contribution in [2.75, 3.05) is 16.2 Å².